The van der Waals surface area contributed by atoms with Gasteiger partial charge < -0.3 is 20.1 Å². The van der Waals surface area contributed by atoms with Gasteiger partial charge in [-0.25, -0.2) is 4.39 Å². The number of amides is 1. The van der Waals surface area contributed by atoms with E-state index >= 15 is 0 Å². The lowest BCUT2D eigenvalue weighted by Gasteiger charge is -2.18. The van der Waals surface area contributed by atoms with Gasteiger partial charge in [-0.15, -0.1) is 0 Å². The van der Waals surface area contributed by atoms with E-state index in [1.807, 2.05) is 51.2 Å². The first-order chi connectivity index (χ1) is 12.9. The zero-order chi connectivity index (χ0) is 19.8. The number of nitrogens with two attached hydrogens (primary N) is 1. The largest absolute Gasteiger partial charge is 0.490 e. The topological polar surface area (TPSA) is 64.2 Å². The molecule has 0 aromatic heterocycles. The highest BCUT2D eigenvalue weighted by atomic mass is 19.1. The van der Waals surface area contributed by atoms with Crippen LogP contribution in [0, 0.1) is 5.82 Å². The first-order valence-electron chi connectivity index (χ1n) is 9.25. The molecule has 0 aliphatic rings. The van der Waals surface area contributed by atoms with Crippen LogP contribution in [-0.4, -0.2) is 25.2 Å². The van der Waals surface area contributed by atoms with Crippen molar-refractivity contribution in [3.05, 3.63) is 53.8 Å². The summed E-state index contributed by atoms with van der Waals surface area (Å²) < 4.78 is 24.2. The lowest BCUT2D eigenvalue weighted by Crippen LogP contribution is -2.91. The summed E-state index contributed by atoms with van der Waals surface area (Å²) in [6.07, 6.45) is 0. The summed E-state index contributed by atoms with van der Waals surface area (Å²) >= 11 is 0. The number of quaternary nitrogens is 1. The van der Waals surface area contributed by atoms with Crippen LogP contribution in [0.3, 0.4) is 0 Å². The number of nitrogens with one attached hydrogen (secondary N) is 1. The molecule has 1 amide bonds. The van der Waals surface area contributed by atoms with Crippen molar-refractivity contribution in [1.82, 2.24) is 0 Å². The maximum atomic E-state index is 13.0. The molecule has 0 aliphatic heterocycles. The molecule has 27 heavy (non-hydrogen) atoms. The van der Waals surface area contributed by atoms with Gasteiger partial charge in [-0.3, -0.25) is 4.79 Å². The van der Waals surface area contributed by atoms with Crippen LogP contribution in [0.1, 0.15) is 39.3 Å². The van der Waals surface area contributed by atoms with E-state index in [4.69, 9.17) is 9.47 Å². The Bertz CT molecular complexity index is 750. The van der Waals surface area contributed by atoms with Crippen molar-refractivity contribution >= 4 is 11.6 Å². The van der Waals surface area contributed by atoms with Gasteiger partial charge in [0.1, 0.15) is 11.9 Å². The second-order valence-corrected chi connectivity index (χ2v) is 6.34. The summed E-state index contributed by atoms with van der Waals surface area (Å²) in [6, 6.07) is 11.3. The lowest BCUT2D eigenvalue weighted by molar-refractivity contribution is -0.709. The molecule has 2 aromatic carbocycles. The zero-order valence-corrected chi connectivity index (χ0v) is 16.3. The second-order valence-electron chi connectivity index (χ2n) is 6.34. The van der Waals surface area contributed by atoms with Crippen molar-refractivity contribution in [1.29, 1.82) is 0 Å². The van der Waals surface area contributed by atoms with E-state index in [2.05, 4.69) is 5.32 Å². The van der Waals surface area contributed by atoms with Gasteiger partial charge >= 0.3 is 0 Å². The van der Waals surface area contributed by atoms with E-state index in [0.717, 1.165) is 11.3 Å². The molecular formula is C21H28FN2O3+. The summed E-state index contributed by atoms with van der Waals surface area (Å²) in [4.78, 5) is 12.4. The number of hydrogen-bond donors (Lipinski definition) is 2. The fraction of sp³-hybridized carbons (Fsp3) is 0.381. The van der Waals surface area contributed by atoms with Crippen LogP contribution < -0.4 is 20.1 Å². The van der Waals surface area contributed by atoms with Gasteiger partial charge in [0, 0.05) is 11.3 Å². The van der Waals surface area contributed by atoms with Crippen LogP contribution in [0.25, 0.3) is 0 Å². The quantitative estimate of drug-likeness (QED) is 0.707. The predicted molar refractivity (Wildman–Crippen MR) is 104 cm³/mol. The molecule has 0 bridgehead atoms. The zero-order valence-electron chi connectivity index (χ0n) is 16.3. The highest BCUT2D eigenvalue weighted by Crippen LogP contribution is 2.30. The first-order valence-corrected chi connectivity index (χ1v) is 9.25. The normalized spacial score (nSPS) is 12.9. The average Bonchev–Trinajstić information content (AvgIpc) is 2.65. The Hall–Kier alpha value is -2.60. The van der Waals surface area contributed by atoms with E-state index in [0.29, 0.717) is 24.7 Å². The third-order valence-corrected chi connectivity index (χ3v) is 4.20. The third-order valence-electron chi connectivity index (χ3n) is 4.20. The van der Waals surface area contributed by atoms with Crippen molar-refractivity contribution in [2.45, 2.75) is 39.8 Å². The van der Waals surface area contributed by atoms with Gasteiger partial charge in [0.2, 0.25) is 0 Å². The van der Waals surface area contributed by atoms with Crippen LogP contribution >= 0.6 is 0 Å². The van der Waals surface area contributed by atoms with E-state index in [1.54, 1.807) is 12.1 Å². The SMILES string of the molecule is CCOc1ccc([C@H](C)[NH2+][C@@H](C)C(=O)Nc2ccc(F)cc2)cc1OCC. The number of benzene rings is 2. The van der Waals surface area contributed by atoms with Crippen LogP contribution in [0.4, 0.5) is 10.1 Å². The Morgan fingerprint density at radius 2 is 1.67 bits per heavy atom. The lowest BCUT2D eigenvalue weighted by atomic mass is 10.1. The molecule has 0 spiro atoms. The summed E-state index contributed by atoms with van der Waals surface area (Å²) in [5.41, 5.74) is 1.62. The molecule has 0 saturated carbocycles. The third kappa shape index (κ3) is 5.96. The molecule has 5 nitrogen and oxygen atoms in total. The number of carbonyl (C=O) groups excluding carboxylic acids is 1. The molecule has 2 atom stereocenters. The Morgan fingerprint density at radius 3 is 2.30 bits per heavy atom. The summed E-state index contributed by atoms with van der Waals surface area (Å²) in [5.74, 6) is 0.962. The second kappa shape index (κ2) is 9.92. The molecule has 0 radical (unpaired) electrons. The monoisotopic (exact) mass is 375 g/mol. The highest BCUT2D eigenvalue weighted by molar-refractivity contribution is 5.93. The van der Waals surface area contributed by atoms with Gasteiger partial charge in [0.05, 0.1) is 13.2 Å². The number of anilines is 1. The van der Waals surface area contributed by atoms with E-state index < -0.39 is 0 Å². The molecule has 3 N–H and O–H groups in total. The highest BCUT2D eigenvalue weighted by Gasteiger charge is 2.21. The minimum atomic E-state index is -0.332. The fourth-order valence-electron chi connectivity index (χ4n) is 2.77. The van der Waals surface area contributed by atoms with E-state index in [9.17, 15) is 9.18 Å². The standard InChI is InChI=1S/C21H27FN2O3/c1-5-26-19-12-7-16(13-20(19)27-6-2)14(3)23-15(4)21(25)24-18-10-8-17(22)9-11-18/h7-15,23H,5-6H2,1-4H3,(H,24,25)/p+1/t14-,15-/m0/s1. The molecule has 0 saturated heterocycles. The number of ether oxygens (including phenoxy) is 2. The van der Waals surface area contributed by atoms with Gasteiger partial charge in [-0.05, 0) is 70.2 Å². The minimum absolute atomic E-state index is 0.0499. The summed E-state index contributed by atoms with van der Waals surface area (Å²) in [6.45, 7) is 8.86. The molecule has 0 aliphatic carbocycles. The number of hydrogen-bond acceptors (Lipinski definition) is 3. The molecule has 2 aromatic rings. The Balaban J connectivity index is 2.02. The van der Waals surface area contributed by atoms with E-state index in [-0.39, 0.29) is 23.8 Å². The summed E-state index contributed by atoms with van der Waals surface area (Å²) in [5, 5.41) is 4.78. The average molecular weight is 375 g/mol. The van der Waals surface area contributed by atoms with Gasteiger partial charge in [0.15, 0.2) is 17.5 Å². The van der Waals surface area contributed by atoms with Crippen molar-refractivity contribution < 1.29 is 24.0 Å². The Kier molecular flexibility index (Phi) is 7.61. The predicted octanol–water partition coefficient (Wildman–Crippen LogP) is 3.27. The van der Waals surface area contributed by atoms with Crippen molar-refractivity contribution in [3.63, 3.8) is 0 Å². The maximum absolute atomic E-state index is 13.0. The van der Waals surface area contributed by atoms with E-state index in [1.165, 1.54) is 12.1 Å². The van der Waals surface area contributed by atoms with Crippen molar-refractivity contribution in [2.75, 3.05) is 18.5 Å². The molecule has 2 rings (SSSR count). The molecule has 6 heteroatoms. The minimum Gasteiger partial charge on any atom is -0.490 e. The number of halogens is 1. The Morgan fingerprint density at radius 1 is 1.04 bits per heavy atom. The van der Waals surface area contributed by atoms with Crippen molar-refractivity contribution in [3.8, 4) is 11.5 Å². The molecule has 0 unspecified atom stereocenters. The number of carbonyl (C=O) groups is 1. The first kappa shape index (κ1) is 20.7. The maximum Gasteiger partial charge on any atom is 0.282 e. The van der Waals surface area contributed by atoms with Gasteiger partial charge in [-0.1, -0.05) is 0 Å². The fourth-order valence-corrected chi connectivity index (χ4v) is 2.77. The van der Waals surface area contributed by atoms with Crippen LogP contribution in [-0.2, 0) is 4.79 Å². The van der Waals surface area contributed by atoms with Crippen molar-refractivity contribution in [2.24, 2.45) is 0 Å². The van der Waals surface area contributed by atoms with Crippen LogP contribution in [0.5, 0.6) is 11.5 Å². The smallest absolute Gasteiger partial charge is 0.282 e. The van der Waals surface area contributed by atoms with Crippen LogP contribution in [0.2, 0.25) is 0 Å². The summed E-state index contributed by atoms with van der Waals surface area (Å²) in [7, 11) is 0. The Labute approximate surface area is 159 Å². The molecule has 0 fully saturated rings. The van der Waals surface area contributed by atoms with Gasteiger partial charge in [-0.2, -0.15) is 0 Å². The number of rotatable bonds is 9. The molecule has 146 valence electrons. The molecule has 0 heterocycles. The van der Waals surface area contributed by atoms with Crippen LogP contribution in [0.15, 0.2) is 42.5 Å². The van der Waals surface area contributed by atoms with Gasteiger partial charge in [0.25, 0.3) is 5.91 Å². The molecular weight excluding hydrogens is 347 g/mol.